The lowest BCUT2D eigenvalue weighted by Crippen LogP contribution is -2.62. The van der Waals surface area contributed by atoms with Gasteiger partial charge in [0, 0.05) is 38.2 Å². The van der Waals surface area contributed by atoms with Crippen LogP contribution >= 0.6 is 11.8 Å². The molecule has 8 nitrogen and oxygen atoms in total. The number of amides is 1. The van der Waals surface area contributed by atoms with Crippen LogP contribution in [-0.4, -0.2) is 60.2 Å². The van der Waals surface area contributed by atoms with Crippen molar-refractivity contribution < 1.29 is 9.90 Å². The number of hydrogen-bond acceptors (Lipinski definition) is 6. The summed E-state index contributed by atoms with van der Waals surface area (Å²) < 4.78 is 3.39. The van der Waals surface area contributed by atoms with Gasteiger partial charge in [0.1, 0.15) is 5.39 Å². The van der Waals surface area contributed by atoms with Crippen LogP contribution in [0, 0.1) is 11.3 Å². The van der Waals surface area contributed by atoms with E-state index in [0.717, 1.165) is 32.1 Å². The van der Waals surface area contributed by atoms with Crippen molar-refractivity contribution >= 4 is 28.7 Å². The fourth-order valence-electron chi connectivity index (χ4n) is 6.94. The Balaban J connectivity index is 1.35. The van der Waals surface area contributed by atoms with Crippen molar-refractivity contribution in [2.24, 2.45) is 18.4 Å². The number of nitrogens with zero attached hydrogens (tertiary/aromatic N) is 5. The molecule has 1 unspecified atom stereocenters. The summed E-state index contributed by atoms with van der Waals surface area (Å²) in [6, 6.07) is 0. The fourth-order valence-corrected chi connectivity index (χ4v) is 7.28. The minimum atomic E-state index is -1.04. The van der Waals surface area contributed by atoms with E-state index in [4.69, 9.17) is 0 Å². The number of aliphatic hydroxyl groups is 1. The molecule has 0 aromatic carbocycles. The van der Waals surface area contributed by atoms with Crippen molar-refractivity contribution in [1.82, 2.24) is 24.2 Å². The maximum Gasteiger partial charge on any atom is 0.277 e. The Labute approximate surface area is 211 Å². The predicted molar refractivity (Wildman–Crippen MR) is 137 cm³/mol. The molecule has 5 rings (SSSR count). The average molecular weight is 502 g/mol. The lowest BCUT2D eigenvalue weighted by atomic mass is 9.66. The molecule has 0 bridgehead atoms. The van der Waals surface area contributed by atoms with Gasteiger partial charge in [0.15, 0.2) is 10.8 Å². The monoisotopic (exact) mass is 501 g/mol. The normalized spacial score (nSPS) is 25.1. The number of carbonyl (C=O) groups excluding carboxylic acids is 1. The second-order valence-electron chi connectivity index (χ2n) is 11.1. The van der Waals surface area contributed by atoms with E-state index in [1.54, 1.807) is 15.6 Å². The number of piperidine rings is 1. The van der Waals surface area contributed by atoms with Crippen molar-refractivity contribution in [1.29, 1.82) is 0 Å². The Hall–Kier alpha value is -1.87. The van der Waals surface area contributed by atoms with Crippen LogP contribution in [0.3, 0.4) is 0 Å². The molecule has 2 aliphatic carbocycles. The van der Waals surface area contributed by atoms with Gasteiger partial charge in [0.05, 0.1) is 12.1 Å². The van der Waals surface area contributed by atoms with Gasteiger partial charge in [-0.05, 0) is 37.9 Å². The molecule has 1 spiro atoms. The third-order valence-corrected chi connectivity index (χ3v) is 9.72. The quantitative estimate of drug-likeness (QED) is 0.479. The van der Waals surface area contributed by atoms with Gasteiger partial charge in [-0.1, -0.05) is 56.7 Å². The first-order chi connectivity index (χ1) is 16.9. The zero-order valence-electron chi connectivity index (χ0n) is 21.2. The molecule has 2 aromatic rings. The standard InChI is InChI=1S/C26H39N5O3S/c1-29-22-20(16-27-24(28-22)35-2)23(33)31(29)18-26(34)14-15-30(17-25(26)12-6-7-13-25)21(32)11-10-19-8-4-3-5-9-19/h16,19,34H,3-15,17-18H2,1-2H3. The largest absolute Gasteiger partial charge is 0.387 e. The summed E-state index contributed by atoms with van der Waals surface area (Å²) in [6.45, 7) is 1.37. The fraction of sp³-hybridized carbons (Fsp3) is 0.769. The highest BCUT2D eigenvalue weighted by Gasteiger charge is 2.55. The molecule has 35 heavy (non-hydrogen) atoms. The molecule has 1 amide bonds. The summed E-state index contributed by atoms with van der Waals surface area (Å²) in [5, 5.41) is 13.2. The van der Waals surface area contributed by atoms with Gasteiger partial charge < -0.3 is 10.0 Å². The van der Waals surface area contributed by atoms with Gasteiger partial charge in [-0.25, -0.2) is 14.6 Å². The third kappa shape index (κ3) is 4.54. The van der Waals surface area contributed by atoms with E-state index < -0.39 is 5.60 Å². The Morgan fingerprint density at radius 2 is 1.91 bits per heavy atom. The van der Waals surface area contributed by atoms with Crippen LogP contribution in [0.2, 0.25) is 0 Å². The van der Waals surface area contributed by atoms with E-state index >= 15 is 0 Å². The molecule has 192 valence electrons. The number of aryl methyl sites for hydroxylation is 1. The van der Waals surface area contributed by atoms with Crippen LogP contribution in [0.1, 0.15) is 77.0 Å². The number of fused-ring (bicyclic) bond motifs is 1. The van der Waals surface area contributed by atoms with Crippen molar-refractivity contribution in [3.8, 4) is 0 Å². The van der Waals surface area contributed by atoms with E-state index in [0.29, 0.717) is 48.0 Å². The summed E-state index contributed by atoms with van der Waals surface area (Å²) in [5.74, 6) is 0.938. The number of hydrogen-bond donors (Lipinski definition) is 1. The molecule has 1 aliphatic heterocycles. The molecular weight excluding hydrogens is 462 g/mol. The first-order valence-electron chi connectivity index (χ1n) is 13.3. The Morgan fingerprint density at radius 1 is 1.17 bits per heavy atom. The molecule has 1 atom stereocenters. The average Bonchev–Trinajstić information content (AvgIpc) is 3.45. The molecule has 1 N–H and O–H groups in total. The van der Waals surface area contributed by atoms with E-state index in [2.05, 4.69) is 9.97 Å². The summed E-state index contributed by atoms with van der Waals surface area (Å²) >= 11 is 1.44. The number of aromatic nitrogens is 4. The van der Waals surface area contributed by atoms with Crippen LogP contribution < -0.4 is 5.56 Å². The Bertz CT molecular complexity index is 1130. The van der Waals surface area contributed by atoms with E-state index in [-0.39, 0.29) is 23.4 Å². The SMILES string of the molecule is CSc1ncc2c(=O)n(CC3(O)CCN(C(=O)CCC4CCCCC4)CC34CCCC4)n(C)c2n1. The van der Waals surface area contributed by atoms with E-state index in [9.17, 15) is 14.7 Å². The van der Waals surface area contributed by atoms with Gasteiger partial charge in [-0.3, -0.25) is 14.3 Å². The smallest absolute Gasteiger partial charge is 0.277 e. The molecule has 2 saturated carbocycles. The maximum absolute atomic E-state index is 13.3. The predicted octanol–water partition coefficient (Wildman–Crippen LogP) is 3.74. The minimum Gasteiger partial charge on any atom is -0.387 e. The first kappa shape index (κ1) is 24.8. The Kier molecular flexibility index (Phi) is 7.00. The van der Waals surface area contributed by atoms with Gasteiger partial charge in [0.25, 0.3) is 5.56 Å². The molecule has 3 fully saturated rings. The lowest BCUT2D eigenvalue weighted by Gasteiger charge is -2.52. The second-order valence-corrected chi connectivity index (χ2v) is 11.9. The van der Waals surface area contributed by atoms with E-state index in [1.165, 1.54) is 43.9 Å². The second kappa shape index (κ2) is 9.88. The van der Waals surface area contributed by atoms with Gasteiger partial charge in [0.2, 0.25) is 5.91 Å². The van der Waals surface area contributed by atoms with Crippen LogP contribution in [0.4, 0.5) is 0 Å². The topological polar surface area (TPSA) is 93.3 Å². The highest BCUT2D eigenvalue weighted by atomic mass is 32.2. The number of likely N-dealkylation sites (tertiary alicyclic amines) is 1. The van der Waals surface area contributed by atoms with Crippen LogP contribution in [0.5, 0.6) is 0 Å². The lowest BCUT2D eigenvalue weighted by molar-refractivity contribution is -0.161. The number of thioether (sulfide) groups is 1. The summed E-state index contributed by atoms with van der Waals surface area (Å²) in [6.07, 6.45) is 16.0. The zero-order chi connectivity index (χ0) is 24.6. The molecule has 9 heteroatoms. The third-order valence-electron chi connectivity index (χ3n) is 9.15. The van der Waals surface area contributed by atoms with Gasteiger partial charge in [-0.15, -0.1) is 0 Å². The Morgan fingerprint density at radius 3 is 2.63 bits per heavy atom. The highest BCUT2D eigenvalue weighted by molar-refractivity contribution is 7.98. The van der Waals surface area contributed by atoms with Crippen molar-refractivity contribution in [2.45, 2.75) is 94.4 Å². The van der Waals surface area contributed by atoms with Crippen LogP contribution in [0.15, 0.2) is 16.1 Å². The molecule has 2 aromatic heterocycles. The van der Waals surface area contributed by atoms with Crippen LogP contribution in [0.25, 0.3) is 11.0 Å². The first-order valence-corrected chi connectivity index (χ1v) is 14.5. The molecule has 3 aliphatic rings. The van der Waals surface area contributed by atoms with Gasteiger partial charge >= 0.3 is 0 Å². The van der Waals surface area contributed by atoms with Crippen molar-refractivity contribution in [3.05, 3.63) is 16.6 Å². The summed E-state index contributed by atoms with van der Waals surface area (Å²) in [5.41, 5.74) is -0.972. The maximum atomic E-state index is 13.3. The van der Waals surface area contributed by atoms with Crippen molar-refractivity contribution in [2.75, 3.05) is 19.3 Å². The van der Waals surface area contributed by atoms with Crippen molar-refractivity contribution in [3.63, 3.8) is 0 Å². The highest BCUT2D eigenvalue weighted by Crippen LogP contribution is 2.51. The molecule has 1 saturated heterocycles. The minimum absolute atomic E-state index is 0.164. The molecule has 3 heterocycles. The summed E-state index contributed by atoms with van der Waals surface area (Å²) in [4.78, 5) is 37.3. The number of carbonyl (C=O) groups is 1. The zero-order valence-corrected chi connectivity index (χ0v) is 22.0. The van der Waals surface area contributed by atoms with E-state index in [1.807, 2.05) is 18.2 Å². The molecular formula is C26H39N5O3S. The number of rotatable bonds is 6. The van der Waals surface area contributed by atoms with Crippen LogP contribution in [-0.2, 0) is 18.4 Å². The molecule has 0 radical (unpaired) electrons. The van der Waals surface area contributed by atoms with Gasteiger partial charge in [-0.2, -0.15) is 0 Å². The summed E-state index contributed by atoms with van der Waals surface area (Å²) in [7, 11) is 1.83.